The number of benzene rings is 1. The van der Waals surface area contributed by atoms with Crippen LogP contribution in [0, 0.1) is 5.82 Å². The molecule has 0 spiro atoms. The number of amides is 1. The standard InChI is InChI=1S/C21H22FN5O3.C2H6.CH3I/c1-13(24-10-14-5-7-15(22)8-6-14)18-20-19(27-12-26-18)16(11-25-20)21(29)23-9-3-4-17(28)30-2;2*1-2/h5-8,11-12,24-25H,1,3-4,9-10H2,2H3,(H,23,29);1-2H3;1H3. The van der Waals surface area contributed by atoms with Crippen molar-refractivity contribution in [3.05, 3.63) is 66.0 Å². The molecule has 1 aromatic carbocycles. The molecule has 184 valence electrons. The minimum atomic E-state index is -0.319. The number of halogens is 2. The summed E-state index contributed by atoms with van der Waals surface area (Å²) in [6, 6.07) is 6.15. The number of methoxy groups -OCH3 is 1. The SMILES string of the molecule is C=C(NCc1ccc(F)cc1)c1ncnc2c(C(=O)NCCCC(=O)OC)c[nH]c12.CC.CI. The summed E-state index contributed by atoms with van der Waals surface area (Å²) < 4.78 is 17.6. The van der Waals surface area contributed by atoms with Gasteiger partial charge in [0.2, 0.25) is 0 Å². The van der Waals surface area contributed by atoms with E-state index in [4.69, 9.17) is 0 Å². The van der Waals surface area contributed by atoms with E-state index >= 15 is 0 Å². The zero-order chi connectivity index (χ0) is 25.5. The van der Waals surface area contributed by atoms with Gasteiger partial charge in [-0.1, -0.05) is 55.2 Å². The molecule has 0 unspecified atom stereocenters. The van der Waals surface area contributed by atoms with Crippen molar-refractivity contribution in [1.82, 2.24) is 25.6 Å². The maximum absolute atomic E-state index is 13.0. The molecule has 3 aromatic rings. The molecule has 2 aromatic heterocycles. The number of carbonyl (C=O) groups is 2. The smallest absolute Gasteiger partial charge is 0.305 e. The fraction of sp³-hybridized carbons (Fsp3) is 0.333. The van der Waals surface area contributed by atoms with Gasteiger partial charge in [0.25, 0.3) is 5.91 Å². The van der Waals surface area contributed by atoms with Crippen LogP contribution in [-0.4, -0.2) is 45.4 Å². The summed E-state index contributed by atoms with van der Waals surface area (Å²) in [6.07, 6.45) is 3.64. The average Bonchev–Trinajstić information content (AvgIpc) is 3.32. The molecule has 0 aliphatic rings. The van der Waals surface area contributed by atoms with Crippen molar-refractivity contribution >= 4 is 51.2 Å². The van der Waals surface area contributed by atoms with E-state index in [2.05, 4.69) is 59.5 Å². The van der Waals surface area contributed by atoms with Crippen LogP contribution in [-0.2, 0) is 16.1 Å². The predicted molar refractivity (Wildman–Crippen MR) is 141 cm³/mol. The fourth-order valence-electron chi connectivity index (χ4n) is 2.87. The molecule has 0 atom stereocenters. The van der Waals surface area contributed by atoms with Gasteiger partial charge in [0.15, 0.2) is 0 Å². The average molecular weight is 583 g/mol. The monoisotopic (exact) mass is 583 g/mol. The lowest BCUT2D eigenvalue weighted by atomic mass is 10.2. The molecule has 2 heterocycles. The summed E-state index contributed by atoms with van der Waals surface area (Å²) in [5.74, 6) is -0.918. The number of hydrogen-bond acceptors (Lipinski definition) is 6. The molecule has 0 saturated carbocycles. The number of alkyl halides is 1. The van der Waals surface area contributed by atoms with Gasteiger partial charge in [-0.05, 0) is 29.0 Å². The van der Waals surface area contributed by atoms with E-state index in [1.165, 1.54) is 25.6 Å². The molecule has 8 nitrogen and oxygen atoms in total. The first-order valence-corrected chi connectivity index (χ1v) is 12.9. The van der Waals surface area contributed by atoms with E-state index in [0.717, 1.165) is 5.56 Å². The van der Waals surface area contributed by atoms with Crippen LogP contribution >= 0.6 is 22.6 Å². The highest BCUT2D eigenvalue weighted by molar-refractivity contribution is 14.1. The number of aromatic amines is 1. The molecule has 0 saturated heterocycles. The van der Waals surface area contributed by atoms with Crippen molar-refractivity contribution in [2.75, 3.05) is 18.6 Å². The molecule has 1 amide bonds. The van der Waals surface area contributed by atoms with E-state index in [-0.39, 0.29) is 24.1 Å². The molecular formula is C24H31FIN5O3. The Morgan fingerprint density at radius 2 is 1.82 bits per heavy atom. The lowest BCUT2D eigenvalue weighted by Crippen LogP contribution is -2.25. The van der Waals surface area contributed by atoms with Gasteiger partial charge in [-0.25, -0.2) is 14.4 Å². The third-order valence-electron chi connectivity index (χ3n) is 4.48. The van der Waals surface area contributed by atoms with Crippen LogP contribution in [0.3, 0.4) is 0 Å². The van der Waals surface area contributed by atoms with Gasteiger partial charge in [0.1, 0.15) is 23.4 Å². The fourth-order valence-corrected chi connectivity index (χ4v) is 2.87. The van der Waals surface area contributed by atoms with Crippen molar-refractivity contribution in [2.45, 2.75) is 33.2 Å². The van der Waals surface area contributed by atoms with Crippen LogP contribution < -0.4 is 10.6 Å². The third-order valence-corrected chi connectivity index (χ3v) is 4.48. The van der Waals surface area contributed by atoms with Crippen molar-refractivity contribution in [2.24, 2.45) is 0 Å². The highest BCUT2D eigenvalue weighted by Gasteiger charge is 2.17. The second-order valence-corrected chi connectivity index (χ2v) is 6.54. The van der Waals surface area contributed by atoms with Gasteiger partial charge in [0.05, 0.1) is 23.9 Å². The Bertz CT molecular complexity index is 1070. The summed E-state index contributed by atoms with van der Waals surface area (Å²) in [7, 11) is 1.33. The third kappa shape index (κ3) is 8.40. The van der Waals surface area contributed by atoms with Gasteiger partial charge in [-0.15, -0.1) is 0 Å². The van der Waals surface area contributed by atoms with Crippen molar-refractivity contribution < 1.29 is 18.7 Å². The molecule has 0 fully saturated rings. The Morgan fingerprint density at radius 1 is 1.15 bits per heavy atom. The number of aromatic nitrogens is 3. The van der Waals surface area contributed by atoms with Crippen LogP contribution in [0.5, 0.6) is 0 Å². The number of esters is 1. The Hall–Kier alpha value is -3.02. The molecule has 3 rings (SSSR count). The van der Waals surface area contributed by atoms with E-state index in [1.807, 2.05) is 18.8 Å². The second-order valence-electron chi connectivity index (χ2n) is 6.54. The Morgan fingerprint density at radius 3 is 2.47 bits per heavy atom. The number of rotatable bonds is 9. The van der Waals surface area contributed by atoms with Crippen molar-refractivity contribution in [1.29, 1.82) is 0 Å². The highest BCUT2D eigenvalue weighted by Crippen LogP contribution is 2.21. The Balaban J connectivity index is 0.00000137. The summed E-state index contributed by atoms with van der Waals surface area (Å²) in [5, 5.41) is 5.91. The summed E-state index contributed by atoms with van der Waals surface area (Å²) >= 11 is 2.15. The number of hydrogen-bond donors (Lipinski definition) is 3. The molecule has 10 heteroatoms. The zero-order valence-corrected chi connectivity index (χ0v) is 22.0. The highest BCUT2D eigenvalue weighted by atomic mass is 127. The maximum Gasteiger partial charge on any atom is 0.305 e. The van der Waals surface area contributed by atoms with Gasteiger partial charge in [0, 0.05) is 25.7 Å². The van der Waals surface area contributed by atoms with Crippen LogP contribution in [0.1, 0.15) is 48.3 Å². The van der Waals surface area contributed by atoms with E-state index in [9.17, 15) is 14.0 Å². The van der Waals surface area contributed by atoms with Crippen molar-refractivity contribution in [3.63, 3.8) is 0 Å². The van der Waals surface area contributed by atoms with E-state index in [1.54, 1.807) is 18.3 Å². The lowest BCUT2D eigenvalue weighted by Gasteiger charge is -2.10. The predicted octanol–water partition coefficient (Wildman–Crippen LogP) is 4.62. The zero-order valence-electron chi connectivity index (χ0n) is 19.9. The number of H-pyrrole nitrogens is 1. The minimum absolute atomic E-state index is 0.233. The first-order chi connectivity index (χ1) is 16.5. The Labute approximate surface area is 212 Å². The first-order valence-electron chi connectivity index (χ1n) is 10.7. The molecule has 0 aliphatic carbocycles. The largest absolute Gasteiger partial charge is 0.469 e. The number of carbonyl (C=O) groups excluding carboxylic acids is 2. The molecule has 0 radical (unpaired) electrons. The van der Waals surface area contributed by atoms with Crippen molar-refractivity contribution in [3.8, 4) is 0 Å². The van der Waals surface area contributed by atoms with E-state index < -0.39 is 0 Å². The normalized spacial score (nSPS) is 9.71. The van der Waals surface area contributed by atoms with Crippen LogP contribution in [0.2, 0.25) is 0 Å². The van der Waals surface area contributed by atoms with Crippen LogP contribution in [0.25, 0.3) is 16.7 Å². The number of nitrogens with one attached hydrogen (secondary N) is 3. The summed E-state index contributed by atoms with van der Waals surface area (Å²) in [4.78, 5) is 37.1. The summed E-state index contributed by atoms with van der Waals surface area (Å²) in [6.45, 7) is 8.79. The topological polar surface area (TPSA) is 109 Å². The van der Waals surface area contributed by atoms with Crippen LogP contribution in [0.15, 0.2) is 43.4 Å². The quantitative estimate of drug-likeness (QED) is 0.147. The molecule has 3 N–H and O–H groups in total. The molecule has 34 heavy (non-hydrogen) atoms. The van der Waals surface area contributed by atoms with E-state index in [0.29, 0.717) is 47.5 Å². The molecule has 0 bridgehead atoms. The van der Waals surface area contributed by atoms with Gasteiger partial charge < -0.3 is 20.4 Å². The lowest BCUT2D eigenvalue weighted by molar-refractivity contribution is -0.140. The first kappa shape index (κ1) is 29.0. The number of ether oxygens (including phenoxy) is 1. The molecule has 0 aliphatic heterocycles. The maximum atomic E-state index is 13.0. The van der Waals surface area contributed by atoms with Crippen LogP contribution in [0.4, 0.5) is 4.39 Å². The van der Waals surface area contributed by atoms with Gasteiger partial charge in [-0.3, -0.25) is 9.59 Å². The van der Waals surface area contributed by atoms with Gasteiger partial charge >= 0.3 is 5.97 Å². The number of fused-ring (bicyclic) bond motifs is 1. The number of nitrogens with zero attached hydrogens (tertiary/aromatic N) is 2. The minimum Gasteiger partial charge on any atom is -0.469 e. The second kappa shape index (κ2) is 15.8. The molecular weight excluding hydrogens is 552 g/mol. The Kier molecular flexibility index (Phi) is 13.4. The summed E-state index contributed by atoms with van der Waals surface area (Å²) in [5.41, 5.74) is 3.38. The van der Waals surface area contributed by atoms with Gasteiger partial charge in [-0.2, -0.15) is 0 Å².